The molecule has 1 unspecified atom stereocenters. The van der Waals surface area contributed by atoms with Gasteiger partial charge in [0.25, 0.3) is 0 Å². The van der Waals surface area contributed by atoms with Gasteiger partial charge < -0.3 is 20.4 Å². The summed E-state index contributed by atoms with van der Waals surface area (Å²) in [7, 11) is 3.83. The Labute approximate surface area is 209 Å². The zero-order valence-electron chi connectivity index (χ0n) is 20.5. The van der Waals surface area contributed by atoms with Crippen LogP contribution in [0, 0.1) is 0 Å². The summed E-state index contributed by atoms with van der Waals surface area (Å²) in [6.07, 6.45) is -1.89. The van der Waals surface area contributed by atoms with Gasteiger partial charge in [0.2, 0.25) is 5.95 Å². The summed E-state index contributed by atoms with van der Waals surface area (Å²) in [4.78, 5) is 12.9. The molecule has 1 saturated heterocycles. The van der Waals surface area contributed by atoms with Crippen LogP contribution in [0.5, 0.6) is 0 Å². The van der Waals surface area contributed by atoms with Crippen molar-refractivity contribution in [2.24, 2.45) is 0 Å². The van der Waals surface area contributed by atoms with Crippen LogP contribution in [0.3, 0.4) is 0 Å². The van der Waals surface area contributed by atoms with E-state index < -0.39 is 18.8 Å². The molecular formula is C27H31F3N6. The number of alkyl halides is 3. The molecule has 6 nitrogen and oxygen atoms in total. The number of likely N-dealkylation sites (tertiary alicyclic amines) is 1. The maximum atomic E-state index is 13.8. The predicted octanol–water partition coefficient (Wildman–Crippen LogP) is 5.36. The Hall–Kier alpha value is -3.33. The number of nitrogens with one attached hydrogen (secondary N) is 2. The van der Waals surface area contributed by atoms with E-state index in [2.05, 4.69) is 32.5 Å². The van der Waals surface area contributed by atoms with Gasteiger partial charge in [0.15, 0.2) is 0 Å². The number of fused-ring (bicyclic) bond motifs is 1. The first-order valence-corrected chi connectivity index (χ1v) is 12.3. The second-order valence-electron chi connectivity index (χ2n) is 9.61. The highest BCUT2D eigenvalue weighted by atomic mass is 19.4. The summed E-state index contributed by atoms with van der Waals surface area (Å²) in [6, 6.07) is 16.8. The minimum Gasteiger partial charge on any atom is -0.382 e. The summed E-state index contributed by atoms with van der Waals surface area (Å²) < 4.78 is 41.3. The fourth-order valence-electron chi connectivity index (χ4n) is 5.20. The Balaban J connectivity index is 1.52. The summed E-state index contributed by atoms with van der Waals surface area (Å²) in [5, 5.41) is 6.61. The van der Waals surface area contributed by atoms with Crippen molar-refractivity contribution in [3.05, 3.63) is 65.9 Å². The van der Waals surface area contributed by atoms with Gasteiger partial charge in [-0.3, -0.25) is 0 Å². The molecule has 2 aliphatic heterocycles. The molecule has 3 aromatic rings. The summed E-state index contributed by atoms with van der Waals surface area (Å²) in [5.74, 6) is 0.388. The molecule has 2 aromatic carbocycles. The SMILES string of the molecule is CNc1nc(-c2ccccc2)cc(C2Cc3c(NC4CCN(C)CC4)cccc3N2CC(F)(F)F)n1. The van der Waals surface area contributed by atoms with Crippen LogP contribution < -0.4 is 15.5 Å². The van der Waals surface area contributed by atoms with E-state index in [1.807, 2.05) is 48.5 Å². The Kier molecular flexibility index (Phi) is 6.75. The van der Waals surface area contributed by atoms with Crippen molar-refractivity contribution in [1.29, 1.82) is 0 Å². The molecule has 36 heavy (non-hydrogen) atoms. The molecule has 2 N–H and O–H groups in total. The fraction of sp³-hybridized carbons (Fsp3) is 0.407. The molecule has 0 amide bonds. The third-order valence-corrected chi connectivity index (χ3v) is 7.04. The van der Waals surface area contributed by atoms with Crippen molar-refractivity contribution in [3.8, 4) is 11.3 Å². The molecule has 0 saturated carbocycles. The number of hydrogen-bond donors (Lipinski definition) is 2. The van der Waals surface area contributed by atoms with Crippen LogP contribution in [-0.2, 0) is 6.42 Å². The number of nitrogens with zero attached hydrogens (tertiary/aromatic N) is 4. The zero-order chi connectivity index (χ0) is 25.3. The summed E-state index contributed by atoms with van der Waals surface area (Å²) in [5.41, 5.74) is 4.58. The fourth-order valence-corrected chi connectivity index (χ4v) is 5.20. The molecule has 5 rings (SSSR count). The van der Waals surface area contributed by atoms with Crippen molar-refractivity contribution in [3.63, 3.8) is 0 Å². The van der Waals surface area contributed by atoms with E-state index in [4.69, 9.17) is 0 Å². The minimum absolute atomic E-state index is 0.308. The van der Waals surface area contributed by atoms with E-state index in [9.17, 15) is 13.2 Å². The van der Waals surface area contributed by atoms with E-state index in [1.165, 1.54) is 4.90 Å². The lowest BCUT2D eigenvalue weighted by atomic mass is 10.0. The number of benzene rings is 2. The highest BCUT2D eigenvalue weighted by Gasteiger charge is 2.41. The smallest absolute Gasteiger partial charge is 0.382 e. The van der Waals surface area contributed by atoms with Crippen LogP contribution in [0.1, 0.15) is 30.1 Å². The Morgan fingerprint density at radius 2 is 1.75 bits per heavy atom. The van der Waals surface area contributed by atoms with Gasteiger partial charge >= 0.3 is 6.18 Å². The summed E-state index contributed by atoms with van der Waals surface area (Å²) in [6.45, 7) is 0.971. The molecule has 0 spiro atoms. The predicted molar refractivity (Wildman–Crippen MR) is 137 cm³/mol. The van der Waals surface area contributed by atoms with Gasteiger partial charge in [-0.25, -0.2) is 9.97 Å². The number of piperidine rings is 1. The number of hydrogen-bond acceptors (Lipinski definition) is 6. The topological polar surface area (TPSA) is 56.3 Å². The van der Waals surface area contributed by atoms with E-state index in [1.54, 1.807) is 13.1 Å². The second-order valence-corrected chi connectivity index (χ2v) is 9.61. The highest BCUT2D eigenvalue weighted by molar-refractivity contribution is 5.72. The van der Waals surface area contributed by atoms with Crippen molar-refractivity contribution >= 4 is 17.3 Å². The van der Waals surface area contributed by atoms with Gasteiger partial charge in [-0.2, -0.15) is 13.2 Å². The lowest BCUT2D eigenvalue weighted by molar-refractivity contribution is -0.120. The molecule has 2 aliphatic rings. The quantitative estimate of drug-likeness (QED) is 0.479. The average Bonchev–Trinajstić information content (AvgIpc) is 3.23. The van der Waals surface area contributed by atoms with Crippen molar-refractivity contribution < 1.29 is 13.2 Å². The van der Waals surface area contributed by atoms with E-state index in [0.717, 1.165) is 42.7 Å². The molecule has 0 radical (unpaired) electrons. The largest absolute Gasteiger partial charge is 0.405 e. The third kappa shape index (κ3) is 5.26. The molecule has 0 bridgehead atoms. The Morgan fingerprint density at radius 3 is 2.44 bits per heavy atom. The second kappa shape index (κ2) is 9.97. The molecule has 1 atom stereocenters. The lowest BCUT2D eigenvalue weighted by Crippen LogP contribution is -2.36. The number of anilines is 3. The Morgan fingerprint density at radius 1 is 1.00 bits per heavy atom. The highest BCUT2D eigenvalue weighted by Crippen LogP contribution is 2.45. The molecule has 1 fully saturated rings. The summed E-state index contributed by atoms with van der Waals surface area (Å²) >= 11 is 0. The molecular weight excluding hydrogens is 465 g/mol. The average molecular weight is 497 g/mol. The monoisotopic (exact) mass is 496 g/mol. The Bertz CT molecular complexity index is 1190. The van der Waals surface area contributed by atoms with Crippen LogP contribution in [0.4, 0.5) is 30.5 Å². The van der Waals surface area contributed by atoms with Crippen molar-refractivity contribution in [2.45, 2.75) is 37.5 Å². The number of rotatable bonds is 6. The first-order valence-electron chi connectivity index (χ1n) is 12.3. The lowest BCUT2D eigenvalue weighted by Gasteiger charge is -2.31. The number of aromatic nitrogens is 2. The van der Waals surface area contributed by atoms with Gasteiger partial charge in [0, 0.05) is 42.0 Å². The van der Waals surface area contributed by atoms with Gasteiger partial charge in [0.05, 0.1) is 17.4 Å². The van der Waals surface area contributed by atoms with Gasteiger partial charge in [0.1, 0.15) is 6.54 Å². The molecule has 1 aromatic heterocycles. The van der Waals surface area contributed by atoms with E-state index >= 15 is 0 Å². The maximum Gasteiger partial charge on any atom is 0.405 e. The van der Waals surface area contributed by atoms with Gasteiger partial charge in [-0.1, -0.05) is 36.4 Å². The van der Waals surface area contributed by atoms with Crippen LogP contribution in [0.2, 0.25) is 0 Å². The van der Waals surface area contributed by atoms with Crippen molar-refractivity contribution in [2.75, 3.05) is 49.3 Å². The van der Waals surface area contributed by atoms with Gasteiger partial charge in [-0.15, -0.1) is 0 Å². The maximum absolute atomic E-state index is 13.8. The molecule has 190 valence electrons. The van der Waals surface area contributed by atoms with Crippen LogP contribution in [0.15, 0.2) is 54.6 Å². The normalized spacial score (nSPS) is 18.8. The first-order chi connectivity index (χ1) is 17.3. The third-order valence-electron chi connectivity index (χ3n) is 7.04. The molecule has 3 heterocycles. The van der Waals surface area contributed by atoms with E-state index in [0.29, 0.717) is 35.5 Å². The first kappa shape index (κ1) is 24.4. The molecule has 0 aliphatic carbocycles. The van der Waals surface area contributed by atoms with Crippen LogP contribution in [-0.4, -0.2) is 60.8 Å². The van der Waals surface area contributed by atoms with Crippen LogP contribution >= 0.6 is 0 Å². The zero-order valence-corrected chi connectivity index (χ0v) is 20.5. The van der Waals surface area contributed by atoms with Gasteiger partial charge in [-0.05, 0) is 51.2 Å². The van der Waals surface area contributed by atoms with Crippen LogP contribution in [0.25, 0.3) is 11.3 Å². The molecule has 9 heteroatoms. The minimum atomic E-state index is -4.35. The van der Waals surface area contributed by atoms with Crippen molar-refractivity contribution in [1.82, 2.24) is 14.9 Å². The van der Waals surface area contributed by atoms with E-state index in [-0.39, 0.29) is 0 Å². The standard InChI is InChI=1S/C27H31F3N6/c1-31-26-33-22(18-7-4-3-5-8-18)16-23(34-26)25-15-20-21(32-19-11-13-35(2)14-12-19)9-6-10-24(20)36(25)17-27(28,29)30/h3-10,16,19,25,32H,11-15,17H2,1-2H3,(H,31,33,34). The number of halogens is 3.